The van der Waals surface area contributed by atoms with E-state index >= 15 is 0 Å². The first-order valence-electron chi connectivity index (χ1n) is 9.12. The number of aryl methyl sites for hydroxylation is 1. The number of rotatable bonds is 8. The second-order valence-electron chi connectivity index (χ2n) is 6.44. The summed E-state index contributed by atoms with van der Waals surface area (Å²) in [6.07, 6.45) is 2.26. The molecular formula is C24H21IO3S. The summed E-state index contributed by atoms with van der Waals surface area (Å²) in [5.74, 6) is 0.415. The minimum Gasteiger partial charge on any atom is -0.482 e. The van der Waals surface area contributed by atoms with Gasteiger partial charge in [-0.05, 0) is 64.4 Å². The Hall–Kier alpha value is -2.25. The number of carbonyl (C=O) groups is 1. The van der Waals surface area contributed by atoms with Crippen molar-refractivity contribution in [3.63, 3.8) is 0 Å². The molecule has 0 heterocycles. The maximum Gasteiger partial charge on any atom is 0.341 e. The topological polar surface area (TPSA) is 46.5 Å². The number of hydrogen-bond acceptors (Lipinski definition) is 3. The fourth-order valence-electron chi connectivity index (χ4n) is 2.80. The monoisotopic (exact) mass is 516 g/mol. The molecule has 3 rings (SSSR count). The molecular weight excluding hydrogens is 495 g/mol. The highest BCUT2D eigenvalue weighted by atomic mass is 127. The SMILES string of the molecule is Cc1ccc(C(=CCSc2ccc(OCC(=O)O)cc2I)c2ccccc2)cc1. The van der Waals surface area contributed by atoms with Gasteiger partial charge in [0.25, 0.3) is 0 Å². The van der Waals surface area contributed by atoms with Gasteiger partial charge in [-0.25, -0.2) is 4.79 Å². The third-order valence-corrected chi connectivity index (χ3v) is 6.50. The maximum absolute atomic E-state index is 10.6. The highest BCUT2D eigenvalue weighted by Gasteiger charge is 2.07. The molecule has 3 aromatic carbocycles. The number of aliphatic carboxylic acids is 1. The van der Waals surface area contributed by atoms with E-state index in [-0.39, 0.29) is 6.61 Å². The summed E-state index contributed by atoms with van der Waals surface area (Å²) in [5, 5.41) is 8.73. The summed E-state index contributed by atoms with van der Waals surface area (Å²) in [6, 6.07) is 24.7. The minimum absolute atomic E-state index is 0.331. The van der Waals surface area contributed by atoms with Crippen molar-refractivity contribution in [2.75, 3.05) is 12.4 Å². The first-order chi connectivity index (χ1) is 14.0. The number of benzene rings is 3. The molecule has 0 fully saturated rings. The van der Waals surface area contributed by atoms with Gasteiger partial charge in [0.15, 0.2) is 6.61 Å². The molecule has 0 aliphatic carbocycles. The van der Waals surface area contributed by atoms with Gasteiger partial charge in [-0.15, -0.1) is 11.8 Å². The molecule has 0 aliphatic heterocycles. The Morgan fingerprint density at radius 1 is 1.03 bits per heavy atom. The third-order valence-electron chi connectivity index (χ3n) is 4.24. The molecule has 0 saturated heterocycles. The fourth-order valence-corrected chi connectivity index (χ4v) is 4.55. The smallest absolute Gasteiger partial charge is 0.341 e. The second kappa shape index (κ2) is 10.5. The predicted octanol–water partition coefficient (Wildman–Crippen LogP) is 6.29. The highest BCUT2D eigenvalue weighted by molar-refractivity contribution is 14.1. The van der Waals surface area contributed by atoms with Crippen LogP contribution < -0.4 is 4.74 Å². The molecule has 0 aromatic heterocycles. The number of carboxylic acids is 1. The average molecular weight is 516 g/mol. The lowest BCUT2D eigenvalue weighted by molar-refractivity contribution is -0.139. The molecule has 0 spiro atoms. The number of hydrogen-bond donors (Lipinski definition) is 1. The zero-order valence-corrected chi connectivity index (χ0v) is 18.9. The van der Waals surface area contributed by atoms with Crippen LogP contribution in [0.4, 0.5) is 0 Å². The molecule has 29 heavy (non-hydrogen) atoms. The molecule has 148 valence electrons. The van der Waals surface area contributed by atoms with E-state index in [9.17, 15) is 4.79 Å². The molecule has 0 atom stereocenters. The Kier molecular flexibility index (Phi) is 7.77. The van der Waals surface area contributed by atoms with Crippen molar-refractivity contribution in [3.8, 4) is 5.75 Å². The third kappa shape index (κ3) is 6.37. The van der Waals surface area contributed by atoms with E-state index in [4.69, 9.17) is 9.84 Å². The molecule has 0 aliphatic rings. The van der Waals surface area contributed by atoms with Crippen molar-refractivity contribution >= 4 is 45.9 Å². The standard InChI is InChI=1S/C24H21IO3S/c1-17-7-9-19(10-8-17)21(18-5-3-2-4-6-18)13-14-29-23-12-11-20(15-22(23)25)28-16-24(26)27/h2-13,15H,14,16H2,1H3,(H,26,27). The van der Waals surface area contributed by atoms with Crippen LogP contribution >= 0.6 is 34.4 Å². The summed E-state index contributed by atoms with van der Waals surface area (Å²) in [4.78, 5) is 11.8. The largest absolute Gasteiger partial charge is 0.482 e. The van der Waals surface area contributed by atoms with Crippen LogP contribution in [0, 0.1) is 10.5 Å². The summed E-state index contributed by atoms with van der Waals surface area (Å²) < 4.78 is 6.29. The van der Waals surface area contributed by atoms with Gasteiger partial charge in [0.2, 0.25) is 0 Å². The summed E-state index contributed by atoms with van der Waals surface area (Å²) in [5.41, 5.74) is 4.86. The Labute approximate surface area is 188 Å². The lowest BCUT2D eigenvalue weighted by atomic mass is 9.97. The van der Waals surface area contributed by atoms with Gasteiger partial charge in [0.1, 0.15) is 5.75 Å². The quantitative estimate of drug-likeness (QED) is 0.283. The Balaban J connectivity index is 1.76. The van der Waals surface area contributed by atoms with Gasteiger partial charge in [-0.3, -0.25) is 0 Å². The van der Waals surface area contributed by atoms with Crippen molar-refractivity contribution in [2.24, 2.45) is 0 Å². The predicted molar refractivity (Wildman–Crippen MR) is 128 cm³/mol. The molecule has 3 aromatic rings. The maximum atomic E-state index is 10.6. The van der Waals surface area contributed by atoms with Crippen LogP contribution in [0.3, 0.4) is 0 Å². The summed E-state index contributed by atoms with van der Waals surface area (Å²) in [7, 11) is 0. The molecule has 0 unspecified atom stereocenters. The Morgan fingerprint density at radius 2 is 1.72 bits per heavy atom. The van der Waals surface area contributed by atoms with Gasteiger partial charge in [-0.2, -0.15) is 0 Å². The molecule has 0 radical (unpaired) electrons. The van der Waals surface area contributed by atoms with Crippen LogP contribution in [0.2, 0.25) is 0 Å². The zero-order valence-electron chi connectivity index (χ0n) is 16.0. The van der Waals surface area contributed by atoms with Crippen LogP contribution in [0.1, 0.15) is 16.7 Å². The Bertz CT molecular complexity index is 998. The zero-order chi connectivity index (χ0) is 20.6. The number of ether oxygens (including phenoxy) is 1. The van der Waals surface area contributed by atoms with Gasteiger partial charge >= 0.3 is 5.97 Å². The van der Waals surface area contributed by atoms with Crippen molar-refractivity contribution in [1.29, 1.82) is 0 Å². The van der Waals surface area contributed by atoms with Gasteiger partial charge < -0.3 is 9.84 Å². The van der Waals surface area contributed by atoms with E-state index in [2.05, 4.69) is 84.1 Å². The van der Waals surface area contributed by atoms with Crippen LogP contribution in [0.25, 0.3) is 5.57 Å². The molecule has 0 saturated carbocycles. The van der Waals surface area contributed by atoms with Crippen LogP contribution in [-0.2, 0) is 4.79 Å². The van der Waals surface area contributed by atoms with E-state index in [0.29, 0.717) is 5.75 Å². The van der Waals surface area contributed by atoms with Crippen LogP contribution in [0.5, 0.6) is 5.75 Å². The van der Waals surface area contributed by atoms with Crippen molar-refractivity contribution < 1.29 is 14.6 Å². The molecule has 3 nitrogen and oxygen atoms in total. The van der Waals surface area contributed by atoms with Gasteiger partial charge in [-0.1, -0.05) is 66.2 Å². The van der Waals surface area contributed by atoms with Gasteiger partial charge in [0, 0.05) is 14.2 Å². The van der Waals surface area contributed by atoms with E-state index in [1.807, 2.05) is 24.3 Å². The molecule has 1 N–H and O–H groups in total. The van der Waals surface area contributed by atoms with E-state index in [0.717, 1.165) is 14.2 Å². The Morgan fingerprint density at radius 3 is 2.38 bits per heavy atom. The van der Waals surface area contributed by atoms with Gasteiger partial charge in [0.05, 0.1) is 0 Å². The number of halogens is 1. The second-order valence-corrected chi connectivity index (χ2v) is 8.66. The van der Waals surface area contributed by atoms with E-state index < -0.39 is 5.97 Å². The molecule has 0 bridgehead atoms. The minimum atomic E-state index is -0.979. The lowest BCUT2D eigenvalue weighted by Crippen LogP contribution is -2.09. The lowest BCUT2D eigenvalue weighted by Gasteiger charge is -2.10. The first-order valence-corrected chi connectivity index (χ1v) is 11.2. The molecule has 0 amide bonds. The van der Waals surface area contributed by atoms with E-state index in [1.54, 1.807) is 11.8 Å². The van der Waals surface area contributed by atoms with Crippen molar-refractivity contribution in [2.45, 2.75) is 11.8 Å². The number of thioether (sulfide) groups is 1. The van der Waals surface area contributed by atoms with E-state index in [1.165, 1.54) is 22.3 Å². The summed E-state index contributed by atoms with van der Waals surface area (Å²) in [6.45, 7) is 1.76. The first kappa shape index (κ1) is 21.5. The van der Waals surface area contributed by atoms with Crippen LogP contribution in [-0.4, -0.2) is 23.4 Å². The normalized spacial score (nSPS) is 11.3. The highest BCUT2D eigenvalue weighted by Crippen LogP contribution is 2.30. The average Bonchev–Trinajstić information content (AvgIpc) is 2.72. The fraction of sp³-hybridized carbons (Fsp3) is 0.125. The summed E-state index contributed by atoms with van der Waals surface area (Å²) >= 11 is 4.00. The van der Waals surface area contributed by atoms with Crippen molar-refractivity contribution in [3.05, 3.63) is 99.1 Å². The number of carboxylic acid groups (broad SMARTS) is 1. The van der Waals surface area contributed by atoms with Crippen LogP contribution in [0.15, 0.2) is 83.8 Å². The van der Waals surface area contributed by atoms with Crippen molar-refractivity contribution in [1.82, 2.24) is 0 Å². The molecule has 5 heteroatoms.